The fraction of sp³-hybridized carbons (Fsp3) is 0.615. The number of carbonyl (C=O) groups is 1. The minimum atomic E-state index is -0.370. The molecule has 1 heterocycles. The first-order chi connectivity index (χ1) is 8.61. The third-order valence-electron chi connectivity index (χ3n) is 3.38. The fourth-order valence-electron chi connectivity index (χ4n) is 2.03. The Morgan fingerprint density at radius 1 is 1.61 bits per heavy atom. The number of nitrogens with one attached hydrogen (secondary N) is 1. The highest BCUT2D eigenvalue weighted by molar-refractivity contribution is 5.92. The topological polar surface area (TPSA) is 71.5 Å². The summed E-state index contributed by atoms with van der Waals surface area (Å²) in [4.78, 5) is 13.9. The molecular formula is C13H21N3O2. The summed E-state index contributed by atoms with van der Waals surface area (Å²) in [6, 6.07) is 2.29. The van der Waals surface area contributed by atoms with Crippen LogP contribution in [0.15, 0.2) is 16.7 Å². The summed E-state index contributed by atoms with van der Waals surface area (Å²) in [6.07, 6.45) is 4.19. The van der Waals surface area contributed by atoms with Crippen LogP contribution in [0.3, 0.4) is 0 Å². The van der Waals surface area contributed by atoms with E-state index >= 15 is 0 Å². The van der Waals surface area contributed by atoms with Crippen molar-refractivity contribution in [2.75, 3.05) is 6.54 Å². The molecule has 100 valence electrons. The molecule has 0 aliphatic heterocycles. The molecule has 3 N–H and O–H groups in total. The Balaban J connectivity index is 2.05. The fourth-order valence-corrected chi connectivity index (χ4v) is 2.03. The summed E-state index contributed by atoms with van der Waals surface area (Å²) in [6.45, 7) is 6.16. The van der Waals surface area contributed by atoms with E-state index in [1.54, 1.807) is 0 Å². The lowest BCUT2D eigenvalue weighted by Gasteiger charge is -2.26. The first kappa shape index (κ1) is 13.1. The van der Waals surface area contributed by atoms with E-state index in [2.05, 4.69) is 24.2 Å². The predicted octanol–water partition coefficient (Wildman–Crippen LogP) is 1.50. The average molecular weight is 251 g/mol. The van der Waals surface area contributed by atoms with E-state index < -0.39 is 0 Å². The largest absolute Gasteiger partial charge is 0.459 e. The molecule has 2 rings (SSSR count). The third kappa shape index (κ3) is 3.11. The molecule has 0 radical (unpaired) electrons. The molecule has 18 heavy (non-hydrogen) atoms. The van der Waals surface area contributed by atoms with Gasteiger partial charge in [-0.05, 0) is 38.7 Å². The van der Waals surface area contributed by atoms with Crippen LogP contribution in [-0.2, 0) is 6.54 Å². The van der Waals surface area contributed by atoms with Crippen LogP contribution in [0.1, 0.15) is 42.8 Å². The summed E-state index contributed by atoms with van der Waals surface area (Å²) in [5, 5.41) is 0. The number of rotatable bonds is 6. The molecule has 1 fully saturated rings. The van der Waals surface area contributed by atoms with Crippen LogP contribution in [0.2, 0.25) is 0 Å². The van der Waals surface area contributed by atoms with Gasteiger partial charge in [0.25, 0.3) is 0 Å². The molecule has 0 spiro atoms. The van der Waals surface area contributed by atoms with E-state index in [4.69, 9.17) is 10.3 Å². The lowest BCUT2D eigenvalue weighted by Crippen LogP contribution is -2.34. The summed E-state index contributed by atoms with van der Waals surface area (Å²) in [5.41, 5.74) is 3.01. The molecule has 1 amide bonds. The highest BCUT2D eigenvalue weighted by atomic mass is 16.3. The first-order valence-corrected chi connectivity index (χ1v) is 6.43. The molecule has 0 saturated heterocycles. The molecule has 1 aromatic rings. The summed E-state index contributed by atoms with van der Waals surface area (Å²) < 4.78 is 5.20. The van der Waals surface area contributed by atoms with Gasteiger partial charge in [-0.15, -0.1) is 0 Å². The normalized spacial score (nSPS) is 15.4. The van der Waals surface area contributed by atoms with Gasteiger partial charge in [-0.25, -0.2) is 5.84 Å². The van der Waals surface area contributed by atoms with Crippen LogP contribution in [-0.4, -0.2) is 23.4 Å². The number of furan rings is 1. The van der Waals surface area contributed by atoms with Crippen molar-refractivity contribution in [2.24, 2.45) is 11.8 Å². The van der Waals surface area contributed by atoms with Crippen LogP contribution in [0.5, 0.6) is 0 Å². The summed E-state index contributed by atoms with van der Waals surface area (Å²) in [7, 11) is 0. The van der Waals surface area contributed by atoms with Crippen molar-refractivity contribution in [1.29, 1.82) is 0 Å². The first-order valence-electron chi connectivity index (χ1n) is 6.43. The van der Waals surface area contributed by atoms with Crippen molar-refractivity contribution in [3.8, 4) is 0 Å². The molecule has 5 nitrogen and oxygen atoms in total. The molecule has 1 saturated carbocycles. The highest BCUT2D eigenvalue weighted by Gasteiger charge is 2.26. The van der Waals surface area contributed by atoms with Gasteiger partial charge in [0.05, 0.1) is 6.26 Å². The Morgan fingerprint density at radius 2 is 2.33 bits per heavy atom. The van der Waals surface area contributed by atoms with Gasteiger partial charge in [-0.1, -0.05) is 0 Å². The van der Waals surface area contributed by atoms with Gasteiger partial charge in [-0.3, -0.25) is 15.1 Å². The van der Waals surface area contributed by atoms with Crippen molar-refractivity contribution >= 4 is 5.91 Å². The Labute approximate surface area is 107 Å². The van der Waals surface area contributed by atoms with Gasteiger partial charge in [0, 0.05) is 24.7 Å². The molecule has 1 aromatic heterocycles. The van der Waals surface area contributed by atoms with Gasteiger partial charge in [0.1, 0.15) is 0 Å². The van der Waals surface area contributed by atoms with Crippen molar-refractivity contribution in [2.45, 2.75) is 39.3 Å². The molecule has 0 bridgehead atoms. The standard InChI is InChI=1S/C13H21N3O2/c1-9(2)16(7-10-3-4-10)8-11-5-6-18-12(11)13(17)15-14/h5-6,9-10H,3-4,7-8,14H2,1-2H3,(H,15,17). The minimum absolute atomic E-state index is 0.318. The summed E-state index contributed by atoms with van der Waals surface area (Å²) in [5.74, 6) is 5.91. The van der Waals surface area contributed by atoms with Crippen molar-refractivity contribution in [1.82, 2.24) is 10.3 Å². The number of hydrogen-bond acceptors (Lipinski definition) is 4. The van der Waals surface area contributed by atoms with Gasteiger partial charge in [0.15, 0.2) is 5.76 Å². The maximum absolute atomic E-state index is 11.5. The van der Waals surface area contributed by atoms with Crippen LogP contribution in [0, 0.1) is 5.92 Å². The van der Waals surface area contributed by atoms with E-state index in [-0.39, 0.29) is 5.91 Å². The number of nitrogen functional groups attached to an aromatic ring is 1. The van der Waals surface area contributed by atoms with Crippen LogP contribution in [0.4, 0.5) is 0 Å². The van der Waals surface area contributed by atoms with E-state index in [1.807, 2.05) is 6.07 Å². The Bertz CT molecular complexity index is 410. The quantitative estimate of drug-likeness (QED) is 0.456. The number of hydrazine groups is 1. The third-order valence-corrected chi connectivity index (χ3v) is 3.38. The smallest absolute Gasteiger partial charge is 0.301 e. The summed E-state index contributed by atoms with van der Waals surface area (Å²) >= 11 is 0. The second kappa shape index (κ2) is 5.54. The maximum atomic E-state index is 11.5. The van der Waals surface area contributed by atoms with E-state index in [0.717, 1.165) is 24.6 Å². The van der Waals surface area contributed by atoms with Crippen molar-refractivity contribution in [3.05, 3.63) is 23.7 Å². The Kier molecular flexibility index (Phi) is 4.04. The number of hydrogen-bond donors (Lipinski definition) is 2. The Morgan fingerprint density at radius 3 is 2.89 bits per heavy atom. The van der Waals surface area contributed by atoms with Gasteiger partial charge < -0.3 is 4.42 Å². The van der Waals surface area contributed by atoms with Gasteiger partial charge >= 0.3 is 5.91 Å². The second-order valence-corrected chi connectivity index (χ2v) is 5.21. The van der Waals surface area contributed by atoms with Crippen LogP contribution < -0.4 is 11.3 Å². The van der Waals surface area contributed by atoms with Gasteiger partial charge in [0.2, 0.25) is 0 Å². The second-order valence-electron chi connectivity index (χ2n) is 5.21. The lowest BCUT2D eigenvalue weighted by molar-refractivity contribution is 0.0922. The molecule has 1 aliphatic rings. The highest BCUT2D eigenvalue weighted by Crippen LogP contribution is 2.31. The van der Waals surface area contributed by atoms with E-state index in [1.165, 1.54) is 19.1 Å². The molecule has 0 unspecified atom stereocenters. The van der Waals surface area contributed by atoms with E-state index in [9.17, 15) is 4.79 Å². The van der Waals surface area contributed by atoms with Crippen LogP contribution in [0.25, 0.3) is 0 Å². The zero-order valence-electron chi connectivity index (χ0n) is 11.0. The molecule has 1 aliphatic carbocycles. The maximum Gasteiger partial charge on any atom is 0.301 e. The zero-order chi connectivity index (χ0) is 13.1. The van der Waals surface area contributed by atoms with E-state index in [0.29, 0.717) is 11.8 Å². The lowest BCUT2D eigenvalue weighted by atomic mass is 10.2. The predicted molar refractivity (Wildman–Crippen MR) is 68.6 cm³/mol. The number of nitrogens with two attached hydrogens (primary N) is 1. The number of nitrogens with zero attached hydrogens (tertiary/aromatic N) is 1. The molecule has 0 atom stereocenters. The number of carbonyl (C=O) groups excluding carboxylic acids is 1. The molecule has 5 heteroatoms. The Hall–Kier alpha value is -1.33. The SMILES string of the molecule is CC(C)N(Cc1ccoc1C(=O)NN)CC1CC1. The minimum Gasteiger partial charge on any atom is -0.459 e. The molecule has 0 aromatic carbocycles. The molecular weight excluding hydrogens is 230 g/mol. The van der Waals surface area contributed by atoms with Crippen molar-refractivity contribution < 1.29 is 9.21 Å². The van der Waals surface area contributed by atoms with Crippen LogP contribution >= 0.6 is 0 Å². The number of amides is 1. The van der Waals surface area contributed by atoms with Gasteiger partial charge in [-0.2, -0.15) is 0 Å². The monoisotopic (exact) mass is 251 g/mol. The average Bonchev–Trinajstić information content (AvgIpc) is 3.04. The zero-order valence-corrected chi connectivity index (χ0v) is 11.0. The van der Waals surface area contributed by atoms with Crippen molar-refractivity contribution in [3.63, 3.8) is 0 Å².